The van der Waals surface area contributed by atoms with Gasteiger partial charge in [-0.2, -0.15) is 0 Å². The Morgan fingerprint density at radius 3 is 2.61 bits per heavy atom. The smallest absolute Gasteiger partial charge is 0.358 e. The summed E-state index contributed by atoms with van der Waals surface area (Å²) in [6.07, 6.45) is 6.33. The summed E-state index contributed by atoms with van der Waals surface area (Å²) in [6, 6.07) is 0. The van der Waals surface area contributed by atoms with Crippen molar-refractivity contribution in [3.8, 4) is 0 Å². The summed E-state index contributed by atoms with van der Waals surface area (Å²) in [4.78, 5) is 27.6. The highest BCUT2D eigenvalue weighted by molar-refractivity contribution is 7.99. The first-order valence-electron chi connectivity index (χ1n) is 5.06. The molecule has 92 valence electrons. The molecule has 2 aromatic rings. The molecule has 0 unspecified atom stereocenters. The molecule has 0 aliphatic heterocycles. The Hall–Kier alpha value is -2.02. The van der Waals surface area contributed by atoms with Crippen LogP contribution in [-0.4, -0.2) is 33.0 Å². The molecule has 6 nitrogen and oxygen atoms in total. The molecule has 18 heavy (non-hydrogen) atoms. The number of hydrogen-bond donors (Lipinski definition) is 0. The molecule has 0 amide bonds. The van der Waals surface area contributed by atoms with Crippen molar-refractivity contribution >= 4 is 17.7 Å². The fourth-order valence-electron chi connectivity index (χ4n) is 1.13. The van der Waals surface area contributed by atoms with Gasteiger partial charge in [0.2, 0.25) is 0 Å². The molecule has 2 heterocycles. The molecule has 0 aliphatic rings. The van der Waals surface area contributed by atoms with E-state index in [1.807, 2.05) is 6.92 Å². The number of carbonyl (C=O) groups is 1. The average Bonchev–Trinajstić information content (AvgIpc) is 2.41. The third-order valence-electron chi connectivity index (χ3n) is 1.96. The molecule has 2 aromatic heterocycles. The van der Waals surface area contributed by atoms with Crippen LogP contribution in [0.5, 0.6) is 0 Å². The summed E-state index contributed by atoms with van der Waals surface area (Å²) < 4.78 is 4.58. The number of hydrogen-bond acceptors (Lipinski definition) is 7. The molecule has 0 N–H and O–H groups in total. The van der Waals surface area contributed by atoms with Crippen molar-refractivity contribution in [3.05, 3.63) is 36.0 Å². The normalized spacial score (nSPS) is 10.1. The lowest BCUT2D eigenvalue weighted by Gasteiger charge is -2.01. The van der Waals surface area contributed by atoms with E-state index in [2.05, 4.69) is 24.7 Å². The summed E-state index contributed by atoms with van der Waals surface area (Å²) in [5.41, 5.74) is 1.14. The zero-order valence-electron chi connectivity index (χ0n) is 9.82. The molecule has 2 rings (SSSR count). The monoisotopic (exact) mass is 262 g/mol. The van der Waals surface area contributed by atoms with E-state index in [4.69, 9.17) is 0 Å². The summed E-state index contributed by atoms with van der Waals surface area (Å²) in [5, 5.41) is 1.10. The fourth-order valence-corrected chi connectivity index (χ4v) is 1.78. The Kier molecular flexibility index (Phi) is 3.83. The third-order valence-corrected chi connectivity index (χ3v) is 2.76. The van der Waals surface area contributed by atoms with Crippen LogP contribution in [0.1, 0.15) is 16.1 Å². The standard InChI is InChI=1S/C11H10N4O2S/c1-7-3-13-11(14-4-7)18-9-6-12-5-8(15-9)10(16)17-2/h3-6H,1-2H3. The van der Waals surface area contributed by atoms with Crippen molar-refractivity contribution in [2.45, 2.75) is 17.1 Å². The number of esters is 1. The number of ether oxygens (including phenoxy) is 1. The average molecular weight is 262 g/mol. The Morgan fingerprint density at radius 1 is 1.22 bits per heavy atom. The minimum absolute atomic E-state index is 0.162. The maximum Gasteiger partial charge on any atom is 0.358 e. The molecule has 0 saturated heterocycles. The van der Waals surface area contributed by atoms with Gasteiger partial charge in [0, 0.05) is 12.4 Å². The summed E-state index contributed by atoms with van der Waals surface area (Å²) in [6.45, 7) is 1.91. The van der Waals surface area contributed by atoms with Gasteiger partial charge in [-0.3, -0.25) is 4.98 Å². The quantitative estimate of drug-likeness (QED) is 0.612. The van der Waals surface area contributed by atoms with Crippen molar-refractivity contribution in [2.24, 2.45) is 0 Å². The van der Waals surface area contributed by atoms with Gasteiger partial charge in [-0.05, 0) is 24.2 Å². The highest BCUT2D eigenvalue weighted by Crippen LogP contribution is 2.21. The molecular formula is C11H10N4O2S. The summed E-state index contributed by atoms with van der Waals surface area (Å²) in [5.74, 6) is -0.519. The predicted octanol–water partition coefficient (Wildman–Crippen LogP) is 1.51. The molecular weight excluding hydrogens is 252 g/mol. The zero-order valence-corrected chi connectivity index (χ0v) is 10.6. The van der Waals surface area contributed by atoms with E-state index >= 15 is 0 Å². The first kappa shape index (κ1) is 12.4. The largest absolute Gasteiger partial charge is 0.464 e. The second kappa shape index (κ2) is 5.54. The van der Waals surface area contributed by atoms with Gasteiger partial charge in [0.1, 0.15) is 5.03 Å². The topological polar surface area (TPSA) is 77.9 Å². The predicted molar refractivity (Wildman–Crippen MR) is 64.3 cm³/mol. The highest BCUT2D eigenvalue weighted by atomic mass is 32.2. The SMILES string of the molecule is COC(=O)c1cncc(Sc2ncc(C)cn2)n1. The number of methoxy groups -OCH3 is 1. The minimum Gasteiger partial charge on any atom is -0.464 e. The van der Waals surface area contributed by atoms with Crippen LogP contribution in [0.3, 0.4) is 0 Å². The lowest BCUT2D eigenvalue weighted by atomic mass is 10.4. The van der Waals surface area contributed by atoms with E-state index in [1.54, 1.807) is 18.6 Å². The first-order valence-corrected chi connectivity index (χ1v) is 5.87. The first-order chi connectivity index (χ1) is 8.69. The second-order valence-corrected chi connectivity index (χ2v) is 4.37. The van der Waals surface area contributed by atoms with E-state index < -0.39 is 5.97 Å². The van der Waals surface area contributed by atoms with E-state index in [0.29, 0.717) is 10.2 Å². The van der Waals surface area contributed by atoms with Gasteiger partial charge in [0.25, 0.3) is 0 Å². The number of aryl methyl sites for hydroxylation is 1. The van der Waals surface area contributed by atoms with Crippen molar-refractivity contribution in [1.29, 1.82) is 0 Å². The molecule has 0 aliphatic carbocycles. The Bertz CT molecular complexity index is 559. The Balaban J connectivity index is 2.19. The number of nitrogens with zero attached hydrogens (tertiary/aromatic N) is 4. The number of aromatic nitrogens is 4. The highest BCUT2D eigenvalue weighted by Gasteiger charge is 2.10. The maximum absolute atomic E-state index is 11.3. The van der Waals surface area contributed by atoms with Crippen LogP contribution in [0.15, 0.2) is 35.0 Å². The van der Waals surface area contributed by atoms with Crippen LogP contribution < -0.4 is 0 Å². The molecule has 0 radical (unpaired) electrons. The molecule has 0 bridgehead atoms. The lowest BCUT2D eigenvalue weighted by molar-refractivity contribution is 0.0592. The van der Waals surface area contributed by atoms with Crippen molar-refractivity contribution in [1.82, 2.24) is 19.9 Å². The van der Waals surface area contributed by atoms with Gasteiger partial charge in [-0.15, -0.1) is 0 Å². The third kappa shape index (κ3) is 3.01. The van der Waals surface area contributed by atoms with Crippen LogP contribution in [0.25, 0.3) is 0 Å². The van der Waals surface area contributed by atoms with Gasteiger partial charge in [0.05, 0.1) is 19.5 Å². The van der Waals surface area contributed by atoms with Crippen molar-refractivity contribution < 1.29 is 9.53 Å². The van der Waals surface area contributed by atoms with Crippen LogP contribution in [0, 0.1) is 6.92 Å². The van der Waals surface area contributed by atoms with Crippen LogP contribution >= 0.6 is 11.8 Å². The molecule has 0 atom stereocenters. The summed E-state index contributed by atoms with van der Waals surface area (Å²) in [7, 11) is 1.30. The van der Waals surface area contributed by atoms with Crippen LogP contribution in [-0.2, 0) is 4.74 Å². The minimum atomic E-state index is -0.519. The fraction of sp³-hybridized carbons (Fsp3) is 0.182. The second-order valence-electron chi connectivity index (χ2n) is 3.38. The maximum atomic E-state index is 11.3. The van der Waals surface area contributed by atoms with E-state index in [1.165, 1.54) is 25.1 Å². The van der Waals surface area contributed by atoms with Crippen LogP contribution in [0.2, 0.25) is 0 Å². The van der Waals surface area contributed by atoms with Gasteiger partial charge in [0.15, 0.2) is 10.9 Å². The Morgan fingerprint density at radius 2 is 1.94 bits per heavy atom. The zero-order chi connectivity index (χ0) is 13.0. The molecule has 0 aromatic carbocycles. The van der Waals surface area contributed by atoms with Gasteiger partial charge in [-0.25, -0.2) is 19.7 Å². The molecule has 0 spiro atoms. The van der Waals surface area contributed by atoms with E-state index in [9.17, 15) is 4.79 Å². The number of rotatable bonds is 3. The summed E-state index contributed by atoms with van der Waals surface area (Å²) >= 11 is 1.23. The number of carbonyl (C=O) groups excluding carboxylic acids is 1. The molecule has 0 fully saturated rings. The van der Waals surface area contributed by atoms with Gasteiger partial charge >= 0.3 is 5.97 Å². The van der Waals surface area contributed by atoms with Gasteiger partial charge < -0.3 is 4.74 Å². The van der Waals surface area contributed by atoms with Gasteiger partial charge in [-0.1, -0.05) is 0 Å². The van der Waals surface area contributed by atoms with Crippen molar-refractivity contribution in [2.75, 3.05) is 7.11 Å². The molecule has 7 heteroatoms. The molecule has 0 saturated carbocycles. The van der Waals surface area contributed by atoms with E-state index in [-0.39, 0.29) is 5.69 Å². The van der Waals surface area contributed by atoms with Crippen molar-refractivity contribution in [3.63, 3.8) is 0 Å². The van der Waals surface area contributed by atoms with Crippen LogP contribution in [0.4, 0.5) is 0 Å². The Labute approximate surface area is 108 Å². The lowest BCUT2D eigenvalue weighted by Crippen LogP contribution is -2.05. The van der Waals surface area contributed by atoms with E-state index in [0.717, 1.165) is 5.56 Å².